The van der Waals surface area contributed by atoms with Crippen molar-refractivity contribution in [3.05, 3.63) is 71.5 Å². The molecule has 2 aromatic carbocycles. The zero-order valence-corrected chi connectivity index (χ0v) is 18.8. The van der Waals surface area contributed by atoms with Crippen LogP contribution >= 0.6 is 0 Å². The molecule has 166 valence electrons. The summed E-state index contributed by atoms with van der Waals surface area (Å²) in [6, 6.07) is 17.2. The van der Waals surface area contributed by atoms with Gasteiger partial charge in [-0.2, -0.15) is 0 Å². The molecular formula is C26H30N4O2. The molecule has 0 spiro atoms. The smallest absolute Gasteiger partial charge is 0.276 e. The highest BCUT2D eigenvalue weighted by atomic mass is 16.2. The molecule has 32 heavy (non-hydrogen) atoms. The molecule has 1 aliphatic heterocycles. The Kier molecular flexibility index (Phi) is 6.69. The second-order valence-corrected chi connectivity index (χ2v) is 8.07. The van der Waals surface area contributed by atoms with Gasteiger partial charge in [0.05, 0.1) is 5.69 Å². The summed E-state index contributed by atoms with van der Waals surface area (Å²) in [5, 5.41) is 2.98. The summed E-state index contributed by atoms with van der Waals surface area (Å²) < 4.78 is 2.21. The molecule has 1 aliphatic rings. The van der Waals surface area contributed by atoms with Gasteiger partial charge >= 0.3 is 0 Å². The van der Waals surface area contributed by atoms with E-state index in [9.17, 15) is 9.59 Å². The van der Waals surface area contributed by atoms with Crippen molar-refractivity contribution in [2.45, 2.75) is 46.1 Å². The first-order valence-electron chi connectivity index (χ1n) is 11.5. The van der Waals surface area contributed by atoms with E-state index in [1.54, 1.807) is 23.1 Å². The zero-order chi connectivity index (χ0) is 22.5. The highest BCUT2D eigenvalue weighted by Crippen LogP contribution is 2.27. The van der Waals surface area contributed by atoms with E-state index < -0.39 is 0 Å². The van der Waals surface area contributed by atoms with E-state index >= 15 is 0 Å². The number of hydrogen-bond donors (Lipinski definition) is 1. The van der Waals surface area contributed by atoms with Crippen LogP contribution in [0.5, 0.6) is 0 Å². The molecule has 4 rings (SSSR count). The molecule has 6 nitrogen and oxygen atoms in total. The number of aromatic nitrogens is 2. The molecule has 3 aromatic rings. The van der Waals surface area contributed by atoms with Gasteiger partial charge < -0.3 is 14.8 Å². The fourth-order valence-electron chi connectivity index (χ4n) is 4.32. The summed E-state index contributed by atoms with van der Waals surface area (Å²) >= 11 is 0. The fourth-order valence-corrected chi connectivity index (χ4v) is 4.32. The molecular weight excluding hydrogens is 400 g/mol. The van der Waals surface area contributed by atoms with Gasteiger partial charge in [-0.3, -0.25) is 9.59 Å². The molecule has 0 radical (unpaired) electrons. The van der Waals surface area contributed by atoms with Gasteiger partial charge in [0.25, 0.3) is 11.8 Å². The maximum Gasteiger partial charge on any atom is 0.276 e. The van der Waals surface area contributed by atoms with Gasteiger partial charge in [-0.25, -0.2) is 4.98 Å². The second-order valence-electron chi connectivity index (χ2n) is 8.07. The number of fused-ring (bicyclic) bond motifs is 1. The van der Waals surface area contributed by atoms with Crippen molar-refractivity contribution in [3.8, 4) is 11.4 Å². The SMILES string of the molecule is CCN(CC)C(=O)c1cccc(NC(=O)c2nc(-c3ccccc3)n3c2CCCCC3)c1. The number of nitrogens with zero attached hydrogens (tertiary/aromatic N) is 3. The molecule has 0 aliphatic carbocycles. The standard InChI is InChI=1S/C26H30N4O2/c1-3-29(4-2)26(32)20-14-11-15-21(18-20)27-25(31)23-22-16-9-6-10-17-30(22)24(28-23)19-12-7-5-8-13-19/h5,7-8,11-15,18H,3-4,6,9-10,16-17H2,1-2H3,(H,27,31). The molecule has 1 aromatic heterocycles. The number of imidazole rings is 1. The third-order valence-corrected chi connectivity index (χ3v) is 6.03. The van der Waals surface area contributed by atoms with Crippen LogP contribution in [0.25, 0.3) is 11.4 Å². The molecule has 0 fully saturated rings. The highest BCUT2D eigenvalue weighted by Gasteiger charge is 2.24. The minimum Gasteiger partial charge on any atom is -0.339 e. The average Bonchev–Trinajstić information content (AvgIpc) is 3.01. The van der Waals surface area contributed by atoms with Crippen molar-refractivity contribution in [2.24, 2.45) is 0 Å². The monoisotopic (exact) mass is 430 g/mol. The lowest BCUT2D eigenvalue weighted by Crippen LogP contribution is -2.30. The third-order valence-electron chi connectivity index (χ3n) is 6.03. The molecule has 0 saturated carbocycles. The summed E-state index contributed by atoms with van der Waals surface area (Å²) in [5.74, 6) is 0.580. The zero-order valence-electron chi connectivity index (χ0n) is 18.8. The van der Waals surface area contributed by atoms with Crippen molar-refractivity contribution in [1.82, 2.24) is 14.5 Å². The van der Waals surface area contributed by atoms with Gasteiger partial charge in [0.15, 0.2) is 0 Å². The van der Waals surface area contributed by atoms with Crippen LogP contribution in [-0.2, 0) is 13.0 Å². The predicted molar refractivity (Wildman–Crippen MR) is 127 cm³/mol. The Hall–Kier alpha value is -3.41. The molecule has 6 heteroatoms. The maximum absolute atomic E-state index is 13.3. The second kappa shape index (κ2) is 9.81. The van der Waals surface area contributed by atoms with Crippen molar-refractivity contribution >= 4 is 17.5 Å². The first-order valence-corrected chi connectivity index (χ1v) is 11.5. The van der Waals surface area contributed by atoms with Crippen LogP contribution in [-0.4, -0.2) is 39.4 Å². The number of carbonyl (C=O) groups excluding carboxylic acids is 2. The van der Waals surface area contributed by atoms with E-state index in [1.165, 1.54) is 0 Å². The summed E-state index contributed by atoms with van der Waals surface area (Å²) in [5.41, 5.74) is 3.66. The van der Waals surface area contributed by atoms with Crippen LogP contribution in [0.1, 0.15) is 59.7 Å². The van der Waals surface area contributed by atoms with Gasteiger partial charge in [0.2, 0.25) is 0 Å². The maximum atomic E-state index is 13.3. The lowest BCUT2D eigenvalue weighted by atomic mass is 10.1. The van der Waals surface area contributed by atoms with E-state index in [1.807, 2.05) is 50.2 Å². The minimum atomic E-state index is -0.231. The van der Waals surface area contributed by atoms with Crippen molar-refractivity contribution in [2.75, 3.05) is 18.4 Å². The quantitative estimate of drug-likeness (QED) is 0.598. The number of amides is 2. The molecule has 0 atom stereocenters. The molecule has 1 N–H and O–H groups in total. The van der Waals surface area contributed by atoms with Gasteiger partial charge in [-0.15, -0.1) is 0 Å². The van der Waals surface area contributed by atoms with E-state index in [0.29, 0.717) is 30.0 Å². The van der Waals surface area contributed by atoms with Crippen LogP contribution in [0.3, 0.4) is 0 Å². The van der Waals surface area contributed by atoms with E-state index in [4.69, 9.17) is 4.98 Å². The van der Waals surface area contributed by atoms with Crippen LogP contribution < -0.4 is 5.32 Å². The molecule has 0 bridgehead atoms. The highest BCUT2D eigenvalue weighted by molar-refractivity contribution is 6.05. The lowest BCUT2D eigenvalue weighted by Gasteiger charge is -2.19. The number of rotatable bonds is 6. The van der Waals surface area contributed by atoms with Crippen molar-refractivity contribution < 1.29 is 9.59 Å². The summed E-state index contributed by atoms with van der Waals surface area (Å²) in [6.07, 6.45) is 4.11. The number of carbonyl (C=O) groups is 2. The molecule has 2 heterocycles. The lowest BCUT2D eigenvalue weighted by molar-refractivity contribution is 0.0772. The third kappa shape index (κ3) is 4.44. The Labute approximate surface area is 189 Å². The normalized spacial score (nSPS) is 13.2. The predicted octanol–water partition coefficient (Wildman–Crippen LogP) is 5.01. The number of benzene rings is 2. The largest absolute Gasteiger partial charge is 0.339 e. The Balaban J connectivity index is 1.64. The molecule has 0 saturated heterocycles. The Morgan fingerprint density at radius 2 is 1.78 bits per heavy atom. The Morgan fingerprint density at radius 3 is 2.53 bits per heavy atom. The van der Waals surface area contributed by atoms with Gasteiger partial charge in [0, 0.05) is 36.4 Å². The Morgan fingerprint density at radius 1 is 1.00 bits per heavy atom. The summed E-state index contributed by atoms with van der Waals surface area (Å²) in [7, 11) is 0. The molecule has 2 amide bonds. The summed E-state index contributed by atoms with van der Waals surface area (Å²) in [6.45, 7) is 6.08. The average molecular weight is 431 g/mol. The van der Waals surface area contributed by atoms with Gasteiger partial charge in [-0.1, -0.05) is 42.8 Å². The first kappa shape index (κ1) is 21.8. The van der Waals surface area contributed by atoms with Crippen LogP contribution in [0.15, 0.2) is 54.6 Å². The van der Waals surface area contributed by atoms with E-state index in [0.717, 1.165) is 49.3 Å². The van der Waals surface area contributed by atoms with Crippen LogP contribution in [0.4, 0.5) is 5.69 Å². The van der Waals surface area contributed by atoms with Crippen molar-refractivity contribution in [1.29, 1.82) is 0 Å². The van der Waals surface area contributed by atoms with Gasteiger partial charge in [0.1, 0.15) is 11.5 Å². The number of nitrogens with one attached hydrogen (secondary N) is 1. The van der Waals surface area contributed by atoms with Gasteiger partial charge in [-0.05, 0) is 51.3 Å². The van der Waals surface area contributed by atoms with Crippen LogP contribution in [0, 0.1) is 0 Å². The first-order chi connectivity index (χ1) is 15.6. The van der Waals surface area contributed by atoms with Crippen LogP contribution in [0.2, 0.25) is 0 Å². The fraction of sp³-hybridized carbons (Fsp3) is 0.346. The van der Waals surface area contributed by atoms with E-state index in [-0.39, 0.29) is 11.8 Å². The topological polar surface area (TPSA) is 67.2 Å². The number of anilines is 1. The molecule has 0 unspecified atom stereocenters. The Bertz CT molecular complexity index is 1100. The van der Waals surface area contributed by atoms with E-state index in [2.05, 4.69) is 9.88 Å². The number of hydrogen-bond acceptors (Lipinski definition) is 3. The van der Waals surface area contributed by atoms with Crippen molar-refractivity contribution in [3.63, 3.8) is 0 Å². The minimum absolute atomic E-state index is 0.0340. The summed E-state index contributed by atoms with van der Waals surface area (Å²) in [4.78, 5) is 32.5.